The average molecular weight is 309 g/mol. The molecule has 0 radical (unpaired) electrons. The van der Waals surface area contributed by atoms with E-state index in [1.54, 1.807) is 0 Å². The maximum atomic E-state index is 12.4. The second kappa shape index (κ2) is 7.14. The van der Waals surface area contributed by atoms with Crippen LogP contribution < -0.4 is 0 Å². The Balaban J connectivity index is 2.54. The van der Waals surface area contributed by atoms with E-state index >= 15 is 0 Å². The van der Waals surface area contributed by atoms with E-state index < -0.39 is 4.33 Å². The van der Waals surface area contributed by atoms with Crippen molar-refractivity contribution in [1.29, 1.82) is 0 Å². The van der Waals surface area contributed by atoms with Crippen molar-refractivity contribution >= 4 is 29.1 Å². The zero-order valence-corrected chi connectivity index (χ0v) is 14.0. The molecule has 1 aliphatic rings. The number of likely N-dealkylation sites (N-methyl/N-ethyl adjacent to an activating group) is 1. The van der Waals surface area contributed by atoms with Gasteiger partial charge < -0.3 is 9.80 Å². The van der Waals surface area contributed by atoms with Gasteiger partial charge in [0.05, 0.1) is 5.92 Å². The molecule has 5 heteroatoms. The molecule has 0 N–H and O–H groups in total. The van der Waals surface area contributed by atoms with Crippen LogP contribution in [0, 0.1) is 11.8 Å². The highest BCUT2D eigenvalue weighted by Gasteiger charge is 2.57. The molecule has 0 aliphatic heterocycles. The first-order valence-electron chi connectivity index (χ1n) is 7.20. The summed E-state index contributed by atoms with van der Waals surface area (Å²) in [7, 11) is 0. The number of carbonyl (C=O) groups excluding carboxylic acids is 1. The number of alkyl halides is 2. The van der Waals surface area contributed by atoms with E-state index in [0.717, 1.165) is 32.7 Å². The molecule has 3 nitrogen and oxygen atoms in total. The highest BCUT2D eigenvalue weighted by molar-refractivity contribution is 6.52. The minimum Gasteiger partial charge on any atom is -0.341 e. The largest absolute Gasteiger partial charge is 0.341 e. The molecule has 1 amide bonds. The zero-order chi connectivity index (χ0) is 14.6. The summed E-state index contributed by atoms with van der Waals surface area (Å²) in [5, 5.41) is 0. The van der Waals surface area contributed by atoms with E-state index in [1.165, 1.54) is 0 Å². The SMILES string of the molecule is CCN(CC)CCN(CC(C)C)C(=O)C1CC1(Cl)Cl. The first-order chi connectivity index (χ1) is 8.81. The normalized spacial score (nSPS) is 20.9. The van der Waals surface area contributed by atoms with Crippen molar-refractivity contribution in [1.82, 2.24) is 9.80 Å². The molecule has 0 aromatic carbocycles. The van der Waals surface area contributed by atoms with Gasteiger partial charge in [-0.25, -0.2) is 0 Å². The number of nitrogens with zero attached hydrogens (tertiary/aromatic N) is 2. The fourth-order valence-electron chi connectivity index (χ4n) is 2.24. The van der Waals surface area contributed by atoms with Crippen LogP contribution >= 0.6 is 23.2 Å². The van der Waals surface area contributed by atoms with Gasteiger partial charge in [0.2, 0.25) is 5.91 Å². The highest BCUT2D eigenvalue weighted by Crippen LogP contribution is 2.53. The molecular weight excluding hydrogens is 283 g/mol. The minimum atomic E-state index is -0.818. The summed E-state index contributed by atoms with van der Waals surface area (Å²) in [5.74, 6) is 0.372. The summed E-state index contributed by atoms with van der Waals surface area (Å²) in [6.07, 6.45) is 0.592. The van der Waals surface area contributed by atoms with Crippen LogP contribution in [-0.4, -0.2) is 52.8 Å². The Labute approximate surface area is 127 Å². The fourth-order valence-corrected chi connectivity index (χ4v) is 2.73. The predicted molar refractivity (Wildman–Crippen MR) is 81.8 cm³/mol. The zero-order valence-electron chi connectivity index (χ0n) is 12.5. The van der Waals surface area contributed by atoms with Crippen molar-refractivity contribution in [3.63, 3.8) is 0 Å². The van der Waals surface area contributed by atoms with Gasteiger partial charge in [-0.05, 0) is 25.4 Å². The van der Waals surface area contributed by atoms with E-state index in [9.17, 15) is 4.79 Å². The van der Waals surface area contributed by atoms with Crippen molar-refractivity contribution in [3.05, 3.63) is 0 Å². The second-order valence-electron chi connectivity index (χ2n) is 5.72. The molecule has 0 aromatic rings. The van der Waals surface area contributed by atoms with Gasteiger partial charge in [-0.2, -0.15) is 0 Å². The van der Waals surface area contributed by atoms with E-state index in [1.807, 2.05) is 4.90 Å². The van der Waals surface area contributed by atoms with Crippen LogP contribution in [0.4, 0.5) is 0 Å². The smallest absolute Gasteiger partial charge is 0.228 e. The lowest BCUT2D eigenvalue weighted by atomic mass is 10.2. The Kier molecular flexibility index (Phi) is 6.41. The molecule has 1 unspecified atom stereocenters. The van der Waals surface area contributed by atoms with Gasteiger partial charge in [0.15, 0.2) is 0 Å². The van der Waals surface area contributed by atoms with Gasteiger partial charge in [0.1, 0.15) is 4.33 Å². The highest BCUT2D eigenvalue weighted by atomic mass is 35.5. The van der Waals surface area contributed by atoms with Crippen LogP contribution in [0.2, 0.25) is 0 Å². The molecule has 0 heterocycles. The maximum Gasteiger partial charge on any atom is 0.228 e. The monoisotopic (exact) mass is 308 g/mol. The number of halogens is 2. The summed E-state index contributed by atoms with van der Waals surface area (Å²) < 4.78 is -0.818. The van der Waals surface area contributed by atoms with Crippen LogP contribution in [-0.2, 0) is 4.79 Å². The van der Waals surface area contributed by atoms with Crippen LogP contribution in [0.1, 0.15) is 34.1 Å². The third-order valence-corrected chi connectivity index (χ3v) is 4.44. The van der Waals surface area contributed by atoms with E-state index in [-0.39, 0.29) is 11.8 Å². The molecule has 0 saturated heterocycles. The average Bonchev–Trinajstić information content (AvgIpc) is 2.96. The standard InChI is InChI=1S/C14H26Cl2N2O/c1-5-17(6-2)7-8-18(10-11(3)4)13(19)12-9-14(12,15)16/h11-12H,5-10H2,1-4H3. The van der Waals surface area contributed by atoms with Crippen LogP contribution in [0.3, 0.4) is 0 Å². The van der Waals surface area contributed by atoms with Crippen LogP contribution in [0.25, 0.3) is 0 Å². The van der Waals surface area contributed by atoms with Crippen molar-refractivity contribution in [2.24, 2.45) is 11.8 Å². The van der Waals surface area contributed by atoms with Crippen molar-refractivity contribution in [3.8, 4) is 0 Å². The van der Waals surface area contributed by atoms with E-state index in [0.29, 0.717) is 12.3 Å². The predicted octanol–water partition coefficient (Wildman–Crippen LogP) is 3.01. The van der Waals surface area contributed by atoms with Crippen molar-refractivity contribution < 1.29 is 4.79 Å². The number of carbonyl (C=O) groups is 1. The molecule has 1 saturated carbocycles. The fraction of sp³-hybridized carbons (Fsp3) is 0.929. The summed E-state index contributed by atoms with van der Waals surface area (Å²) >= 11 is 12.0. The number of rotatable bonds is 8. The molecule has 1 atom stereocenters. The number of hydrogen-bond acceptors (Lipinski definition) is 2. The lowest BCUT2D eigenvalue weighted by Crippen LogP contribution is -2.41. The molecule has 0 aromatic heterocycles. The minimum absolute atomic E-state index is 0.117. The quantitative estimate of drug-likeness (QED) is 0.644. The summed E-state index contributed by atoms with van der Waals surface area (Å²) in [6, 6.07) is 0. The molecule has 1 fully saturated rings. The third kappa shape index (κ3) is 5.13. The Hall–Kier alpha value is 0.01000. The third-order valence-electron chi connectivity index (χ3n) is 3.60. The Bertz CT molecular complexity index is 304. The molecular formula is C14H26Cl2N2O. The summed E-state index contributed by atoms with van der Waals surface area (Å²) in [5.41, 5.74) is 0. The molecule has 0 bridgehead atoms. The first-order valence-corrected chi connectivity index (χ1v) is 7.96. The van der Waals surface area contributed by atoms with E-state index in [4.69, 9.17) is 23.2 Å². The second-order valence-corrected chi connectivity index (χ2v) is 7.27. The molecule has 1 aliphatic carbocycles. The lowest BCUT2D eigenvalue weighted by molar-refractivity contribution is -0.133. The van der Waals surface area contributed by atoms with Gasteiger partial charge in [-0.15, -0.1) is 23.2 Å². The Morgan fingerprint density at radius 1 is 1.26 bits per heavy atom. The van der Waals surface area contributed by atoms with Gasteiger partial charge >= 0.3 is 0 Å². The van der Waals surface area contributed by atoms with Crippen LogP contribution in [0.15, 0.2) is 0 Å². The number of amides is 1. The first kappa shape index (κ1) is 17.1. The van der Waals surface area contributed by atoms with Gasteiger partial charge in [-0.1, -0.05) is 27.7 Å². The van der Waals surface area contributed by atoms with Crippen molar-refractivity contribution in [2.45, 2.75) is 38.4 Å². The van der Waals surface area contributed by atoms with Crippen LogP contribution in [0.5, 0.6) is 0 Å². The topological polar surface area (TPSA) is 23.6 Å². The summed E-state index contributed by atoms with van der Waals surface area (Å²) in [6.45, 7) is 13.0. The van der Waals surface area contributed by atoms with Gasteiger partial charge in [-0.3, -0.25) is 4.79 Å². The molecule has 112 valence electrons. The van der Waals surface area contributed by atoms with Crippen molar-refractivity contribution in [2.75, 3.05) is 32.7 Å². The van der Waals surface area contributed by atoms with E-state index in [2.05, 4.69) is 32.6 Å². The van der Waals surface area contributed by atoms with Gasteiger partial charge in [0.25, 0.3) is 0 Å². The Morgan fingerprint density at radius 2 is 1.79 bits per heavy atom. The molecule has 0 spiro atoms. The Morgan fingerprint density at radius 3 is 2.16 bits per heavy atom. The summed E-state index contributed by atoms with van der Waals surface area (Å²) in [4.78, 5) is 16.6. The maximum absolute atomic E-state index is 12.4. The molecule has 1 rings (SSSR count). The lowest BCUT2D eigenvalue weighted by Gasteiger charge is -2.28. The number of hydrogen-bond donors (Lipinski definition) is 0. The van der Waals surface area contributed by atoms with Gasteiger partial charge in [0, 0.05) is 19.6 Å². The molecule has 19 heavy (non-hydrogen) atoms.